The molecule has 128 valence electrons. The standard InChI is InChI=1S/C17H33N3O2/c1-18-8-4-5-16(15-18)6-7-17(22)20-12-10-19(11-13-20)9-2-3-14-21/h16,21H,2-15H2,1H3/t16-/m0/s1. The summed E-state index contributed by atoms with van der Waals surface area (Å²) < 4.78 is 0. The van der Waals surface area contributed by atoms with Crippen LogP contribution in [0.4, 0.5) is 0 Å². The van der Waals surface area contributed by atoms with Crippen molar-refractivity contribution < 1.29 is 9.90 Å². The lowest BCUT2D eigenvalue weighted by molar-refractivity contribution is -0.133. The fourth-order valence-electron chi connectivity index (χ4n) is 3.66. The van der Waals surface area contributed by atoms with Gasteiger partial charge in [-0.05, 0) is 58.2 Å². The van der Waals surface area contributed by atoms with Crippen molar-refractivity contribution in [3.05, 3.63) is 0 Å². The van der Waals surface area contributed by atoms with E-state index in [1.54, 1.807) is 0 Å². The Morgan fingerprint density at radius 2 is 1.91 bits per heavy atom. The van der Waals surface area contributed by atoms with Gasteiger partial charge in [-0.2, -0.15) is 0 Å². The second kappa shape index (κ2) is 9.48. The highest BCUT2D eigenvalue weighted by molar-refractivity contribution is 5.76. The van der Waals surface area contributed by atoms with Gasteiger partial charge in [0, 0.05) is 45.8 Å². The Morgan fingerprint density at radius 3 is 2.59 bits per heavy atom. The molecule has 1 atom stereocenters. The number of rotatable bonds is 7. The van der Waals surface area contributed by atoms with Crippen molar-refractivity contribution in [1.29, 1.82) is 0 Å². The maximum Gasteiger partial charge on any atom is 0.222 e. The van der Waals surface area contributed by atoms with E-state index in [-0.39, 0.29) is 6.61 Å². The summed E-state index contributed by atoms with van der Waals surface area (Å²) in [6.07, 6.45) is 6.29. The van der Waals surface area contributed by atoms with E-state index < -0.39 is 0 Å². The van der Waals surface area contributed by atoms with Crippen LogP contribution in [0.2, 0.25) is 0 Å². The van der Waals surface area contributed by atoms with E-state index in [1.165, 1.54) is 19.4 Å². The Bertz CT molecular complexity index is 330. The van der Waals surface area contributed by atoms with E-state index in [9.17, 15) is 4.79 Å². The van der Waals surface area contributed by atoms with Crippen LogP contribution in [0, 0.1) is 5.92 Å². The number of likely N-dealkylation sites (tertiary alicyclic amines) is 1. The van der Waals surface area contributed by atoms with Crippen molar-refractivity contribution in [1.82, 2.24) is 14.7 Å². The maximum atomic E-state index is 12.4. The number of hydrogen-bond acceptors (Lipinski definition) is 4. The summed E-state index contributed by atoms with van der Waals surface area (Å²) in [6, 6.07) is 0. The quantitative estimate of drug-likeness (QED) is 0.713. The Labute approximate surface area is 135 Å². The molecule has 0 aliphatic carbocycles. The number of carbonyl (C=O) groups is 1. The molecule has 0 unspecified atom stereocenters. The third kappa shape index (κ3) is 5.86. The summed E-state index contributed by atoms with van der Waals surface area (Å²) in [5.41, 5.74) is 0. The Morgan fingerprint density at radius 1 is 1.14 bits per heavy atom. The molecular formula is C17H33N3O2. The van der Waals surface area contributed by atoms with Gasteiger partial charge in [0.15, 0.2) is 0 Å². The first-order chi connectivity index (χ1) is 10.7. The van der Waals surface area contributed by atoms with Gasteiger partial charge >= 0.3 is 0 Å². The van der Waals surface area contributed by atoms with Crippen LogP contribution < -0.4 is 0 Å². The maximum absolute atomic E-state index is 12.4. The summed E-state index contributed by atoms with van der Waals surface area (Å²) in [6.45, 7) is 7.44. The smallest absolute Gasteiger partial charge is 0.222 e. The van der Waals surface area contributed by atoms with Crippen LogP contribution in [0.5, 0.6) is 0 Å². The predicted molar refractivity (Wildman–Crippen MR) is 88.8 cm³/mol. The second-order valence-electron chi connectivity index (χ2n) is 6.96. The molecule has 0 aromatic heterocycles. The minimum atomic E-state index is 0.287. The zero-order valence-electron chi connectivity index (χ0n) is 14.2. The molecule has 2 saturated heterocycles. The average molecular weight is 311 g/mol. The average Bonchev–Trinajstić information content (AvgIpc) is 2.54. The SMILES string of the molecule is CN1CCC[C@@H](CCC(=O)N2CCN(CCCCO)CC2)C1. The normalized spacial score (nSPS) is 24.6. The van der Waals surface area contributed by atoms with E-state index in [0.29, 0.717) is 11.8 Å². The molecule has 0 spiro atoms. The lowest BCUT2D eigenvalue weighted by Crippen LogP contribution is -2.49. The summed E-state index contributed by atoms with van der Waals surface area (Å²) in [4.78, 5) is 19.2. The first-order valence-corrected chi connectivity index (χ1v) is 8.98. The van der Waals surface area contributed by atoms with Gasteiger partial charge in [0.1, 0.15) is 0 Å². The molecule has 0 bridgehead atoms. The van der Waals surface area contributed by atoms with Gasteiger partial charge in [-0.1, -0.05) is 0 Å². The monoisotopic (exact) mass is 311 g/mol. The molecule has 1 N–H and O–H groups in total. The van der Waals surface area contributed by atoms with E-state index in [1.807, 2.05) is 0 Å². The third-order valence-electron chi connectivity index (χ3n) is 5.10. The minimum Gasteiger partial charge on any atom is -0.396 e. The predicted octanol–water partition coefficient (Wildman–Crippen LogP) is 1.03. The molecule has 2 heterocycles. The highest BCUT2D eigenvalue weighted by atomic mass is 16.2. The van der Waals surface area contributed by atoms with Crippen molar-refractivity contribution in [2.24, 2.45) is 5.92 Å². The summed E-state index contributed by atoms with van der Waals surface area (Å²) in [5, 5.41) is 8.82. The van der Waals surface area contributed by atoms with E-state index in [2.05, 4.69) is 21.7 Å². The van der Waals surface area contributed by atoms with Crippen LogP contribution in [0.1, 0.15) is 38.5 Å². The zero-order valence-corrected chi connectivity index (χ0v) is 14.2. The van der Waals surface area contributed by atoms with E-state index >= 15 is 0 Å². The van der Waals surface area contributed by atoms with Gasteiger partial charge in [0.25, 0.3) is 0 Å². The molecule has 0 aromatic carbocycles. The zero-order chi connectivity index (χ0) is 15.8. The van der Waals surface area contributed by atoms with Crippen molar-refractivity contribution in [2.45, 2.75) is 38.5 Å². The summed E-state index contributed by atoms with van der Waals surface area (Å²) in [5.74, 6) is 1.06. The van der Waals surface area contributed by atoms with Gasteiger partial charge in [0.05, 0.1) is 0 Å². The molecule has 2 rings (SSSR count). The molecular weight excluding hydrogens is 278 g/mol. The summed E-state index contributed by atoms with van der Waals surface area (Å²) >= 11 is 0. The molecule has 0 aromatic rings. The lowest BCUT2D eigenvalue weighted by Gasteiger charge is -2.35. The van der Waals surface area contributed by atoms with Crippen LogP contribution in [-0.4, -0.2) is 85.2 Å². The van der Waals surface area contributed by atoms with Gasteiger partial charge < -0.3 is 14.9 Å². The van der Waals surface area contributed by atoms with Crippen molar-refractivity contribution >= 4 is 5.91 Å². The molecule has 5 nitrogen and oxygen atoms in total. The van der Waals surface area contributed by atoms with Gasteiger partial charge in [-0.15, -0.1) is 0 Å². The van der Waals surface area contributed by atoms with Crippen LogP contribution in [-0.2, 0) is 4.79 Å². The van der Waals surface area contributed by atoms with Crippen molar-refractivity contribution in [2.75, 3.05) is 59.5 Å². The number of piperidine rings is 1. The van der Waals surface area contributed by atoms with Gasteiger partial charge in [0.2, 0.25) is 5.91 Å². The van der Waals surface area contributed by atoms with E-state index in [0.717, 1.165) is 65.0 Å². The molecule has 2 aliphatic rings. The topological polar surface area (TPSA) is 47.0 Å². The fraction of sp³-hybridized carbons (Fsp3) is 0.941. The number of piperazine rings is 1. The number of aliphatic hydroxyl groups is 1. The molecule has 0 radical (unpaired) electrons. The lowest BCUT2D eigenvalue weighted by atomic mass is 9.93. The van der Waals surface area contributed by atoms with Crippen LogP contribution in [0.25, 0.3) is 0 Å². The van der Waals surface area contributed by atoms with E-state index in [4.69, 9.17) is 5.11 Å². The van der Waals surface area contributed by atoms with Crippen LogP contribution in [0.15, 0.2) is 0 Å². The first-order valence-electron chi connectivity index (χ1n) is 8.98. The Hall–Kier alpha value is -0.650. The minimum absolute atomic E-state index is 0.287. The Balaban J connectivity index is 1.60. The van der Waals surface area contributed by atoms with Crippen LogP contribution >= 0.6 is 0 Å². The fourth-order valence-corrected chi connectivity index (χ4v) is 3.66. The number of hydrogen-bond donors (Lipinski definition) is 1. The first kappa shape index (κ1) is 17.7. The largest absolute Gasteiger partial charge is 0.396 e. The Kier molecular flexibility index (Phi) is 7.63. The van der Waals surface area contributed by atoms with Crippen molar-refractivity contribution in [3.8, 4) is 0 Å². The number of carbonyl (C=O) groups excluding carboxylic acids is 1. The second-order valence-corrected chi connectivity index (χ2v) is 6.96. The third-order valence-corrected chi connectivity index (χ3v) is 5.10. The van der Waals surface area contributed by atoms with Crippen molar-refractivity contribution in [3.63, 3.8) is 0 Å². The molecule has 22 heavy (non-hydrogen) atoms. The molecule has 0 saturated carbocycles. The molecule has 5 heteroatoms. The summed E-state index contributed by atoms with van der Waals surface area (Å²) in [7, 11) is 2.18. The number of unbranched alkanes of at least 4 members (excludes halogenated alkanes) is 1. The highest BCUT2D eigenvalue weighted by Crippen LogP contribution is 2.20. The number of nitrogens with zero attached hydrogens (tertiary/aromatic N) is 3. The molecule has 2 fully saturated rings. The van der Waals surface area contributed by atoms with Gasteiger partial charge in [-0.25, -0.2) is 0 Å². The van der Waals surface area contributed by atoms with Crippen LogP contribution in [0.3, 0.4) is 0 Å². The van der Waals surface area contributed by atoms with Gasteiger partial charge in [-0.3, -0.25) is 9.69 Å². The highest BCUT2D eigenvalue weighted by Gasteiger charge is 2.23. The molecule has 2 aliphatic heterocycles. The number of amides is 1. The molecule has 1 amide bonds. The number of aliphatic hydroxyl groups excluding tert-OH is 1.